The standard InChI is InChI=1S/C17H18ClN3O3S/c18-12-5-4-11(8-13(12)19)16(23)24-9-15(22)14-10-25-17(20-14)21-6-2-1-3-7-21/h4-5,8,10H,1-3,6-7,9,19H2. The highest BCUT2D eigenvalue weighted by atomic mass is 35.5. The SMILES string of the molecule is Nc1cc(C(=O)OCC(=O)c2csc(N3CCCCC3)n2)ccc1Cl. The number of benzene rings is 1. The van der Waals surface area contributed by atoms with Gasteiger partial charge in [0.25, 0.3) is 0 Å². The molecular formula is C17H18ClN3O3S. The van der Waals surface area contributed by atoms with Gasteiger partial charge in [-0.2, -0.15) is 0 Å². The van der Waals surface area contributed by atoms with Gasteiger partial charge in [0.15, 0.2) is 11.7 Å². The number of halogens is 1. The number of thiazole rings is 1. The number of hydrogen-bond acceptors (Lipinski definition) is 7. The van der Waals surface area contributed by atoms with Crippen LogP contribution < -0.4 is 10.6 Å². The van der Waals surface area contributed by atoms with Crippen molar-refractivity contribution in [3.05, 3.63) is 39.9 Å². The minimum atomic E-state index is -0.622. The van der Waals surface area contributed by atoms with Crippen molar-refractivity contribution in [2.24, 2.45) is 0 Å². The predicted molar refractivity (Wildman–Crippen MR) is 98.7 cm³/mol. The van der Waals surface area contributed by atoms with E-state index in [1.807, 2.05) is 0 Å². The van der Waals surface area contributed by atoms with Gasteiger partial charge in [0.2, 0.25) is 5.78 Å². The molecule has 2 aromatic rings. The van der Waals surface area contributed by atoms with Crippen LogP contribution in [-0.2, 0) is 4.74 Å². The molecule has 1 saturated heterocycles. The van der Waals surface area contributed by atoms with E-state index in [2.05, 4.69) is 9.88 Å². The number of carbonyl (C=O) groups is 2. The van der Waals surface area contributed by atoms with Crippen LogP contribution in [0, 0.1) is 0 Å². The quantitative estimate of drug-likeness (QED) is 0.486. The van der Waals surface area contributed by atoms with Crippen LogP contribution in [0.5, 0.6) is 0 Å². The first-order valence-corrected chi connectivity index (χ1v) is 9.26. The fourth-order valence-corrected chi connectivity index (χ4v) is 3.58. The van der Waals surface area contributed by atoms with Crippen LogP contribution in [-0.4, -0.2) is 36.4 Å². The molecular weight excluding hydrogens is 362 g/mol. The second-order valence-electron chi connectivity index (χ2n) is 5.80. The maximum Gasteiger partial charge on any atom is 0.338 e. The zero-order valence-corrected chi connectivity index (χ0v) is 15.1. The van der Waals surface area contributed by atoms with Crippen molar-refractivity contribution in [2.75, 3.05) is 30.3 Å². The van der Waals surface area contributed by atoms with E-state index in [9.17, 15) is 9.59 Å². The van der Waals surface area contributed by atoms with E-state index in [1.54, 1.807) is 5.38 Å². The second kappa shape index (κ2) is 7.84. The minimum Gasteiger partial charge on any atom is -0.454 e. The Morgan fingerprint density at radius 3 is 2.76 bits per heavy atom. The van der Waals surface area contributed by atoms with Crippen molar-refractivity contribution in [2.45, 2.75) is 19.3 Å². The molecule has 0 amide bonds. The second-order valence-corrected chi connectivity index (χ2v) is 7.04. The van der Waals surface area contributed by atoms with Gasteiger partial charge in [-0.05, 0) is 37.5 Å². The lowest BCUT2D eigenvalue weighted by Crippen LogP contribution is -2.29. The fourth-order valence-electron chi connectivity index (χ4n) is 2.58. The molecule has 0 unspecified atom stereocenters. The number of hydrogen-bond donors (Lipinski definition) is 1. The summed E-state index contributed by atoms with van der Waals surface area (Å²) in [6.45, 7) is 1.58. The van der Waals surface area contributed by atoms with Gasteiger partial charge in [0.1, 0.15) is 5.69 Å². The molecule has 2 N–H and O–H groups in total. The summed E-state index contributed by atoms with van der Waals surface area (Å²) >= 11 is 7.26. The Balaban J connectivity index is 1.57. The maximum atomic E-state index is 12.2. The number of ketones is 1. The Morgan fingerprint density at radius 2 is 2.04 bits per heavy atom. The maximum absolute atomic E-state index is 12.2. The molecule has 8 heteroatoms. The lowest BCUT2D eigenvalue weighted by atomic mass is 10.1. The van der Waals surface area contributed by atoms with E-state index in [0.29, 0.717) is 10.7 Å². The largest absolute Gasteiger partial charge is 0.454 e. The van der Waals surface area contributed by atoms with Crippen LogP contribution in [0.15, 0.2) is 23.6 Å². The first-order chi connectivity index (χ1) is 12.0. The molecule has 0 radical (unpaired) electrons. The van der Waals surface area contributed by atoms with Crippen molar-refractivity contribution in [3.8, 4) is 0 Å². The number of aromatic nitrogens is 1. The third kappa shape index (κ3) is 4.29. The highest BCUT2D eigenvalue weighted by Gasteiger charge is 2.18. The molecule has 1 aliphatic rings. The van der Waals surface area contributed by atoms with Gasteiger partial charge in [-0.25, -0.2) is 9.78 Å². The van der Waals surface area contributed by atoms with Gasteiger partial charge in [-0.1, -0.05) is 11.6 Å². The van der Waals surface area contributed by atoms with Crippen molar-refractivity contribution >= 4 is 45.5 Å². The number of ether oxygens (including phenoxy) is 1. The van der Waals surface area contributed by atoms with E-state index < -0.39 is 5.97 Å². The summed E-state index contributed by atoms with van der Waals surface area (Å²) in [5, 5.41) is 2.92. The van der Waals surface area contributed by atoms with Crippen LogP contribution in [0.2, 0.25) is 5.02 Å². The topological polar surface area (TPSA) is 85.5 Å². The Morgan fingerprint density at radius 1 is 1.28 bits per heavy atom. The number of esters is 1. The fraction of sp³-hybridized carbons (Fsp3) is 0.353. The van der Waals surface area contributed by atoms with Crippen molar-refractivity contribution < 1.29 is 14.3 Å². The van der Waals surface area contributed by atoms with Gasteiger partial charge in [-0.3, -0.25) is 4.79 Å². The first kappa shape index (κ1) is 17.7. The number of Topliss-reactive ketones (excluding diaryl/α,β-unsaturated/α-hetero) is 1. The molecule has 1 aromatic heterocycles. The molecule has 6 nitrogen and oxygen atoms in total. The summed E-state index contributed by atoms with van der Waals surface area (Å²) < 4.78 is 5.06. The highest BCUT2D eigenvalue weighted by Crippen LogP contribution is 2.24. The molecule has 0 bridgehead atoms. The van der Waals surface area contributed by atoms with Gasteiger partial charge >= 0.3 is 5.97 Å². The molecule has 132 valence electrons. The normalized spacial score (nSPS) is 14.4. The monoisotopic (exact) mass is 379 g/mol. The Labute approximate surface area is 154 Å². The third-order valence-corrected chi connectivity index (χ3v) is 5.22. The van der Waals surface area contributed by atoms with Crippen LogP contribution >= 0.6 is 22.9 Å². The molecule has 0 atom stereocenters. The molecule has 2 heterocycles. The highest BCUT2D eigenvalue weighted by molar-refractivity contribution is 7.13. The molecule has 0 aliphatic carbocycles. The number of piperidine rings is 1. The number of nitrogens with zero attached hydrogens (tertiary/aromatic N) is 2. The molecule has 3 rings (SSSR count). The van der Waals surface area contributed by atoms with E-state index in [0.717, 1.165) is 31.1 Å². The summed E-state index contributed by atoms with van der Waals surface area (Å²) in [5.74, 6) is -0.946. The summed E-state index contributed by atoms with van der Waals surface area (Å²) in [6.07, 6.45) is 3.52. The zero-order chi connectivity index (χ0) is 17.8. The molecule has 0 spiro atoms. The average Bonchev–Trinajstić information content (AvgIpc) is 3.12. The van der Waals surface area contributed by atoms with Crippen molar-refractivity contribution in [1.82, 2.24) is 4.98 Å². The van der Waals surface area contributed by atoms with Crippen LogP contribution in [0.4, 0.5) is 10.8 Å². The average molecular weight is 380 g/mol. The summed E-state index contributed by atoms with van der Waals surface area (Å²) in [7, 11) is 0. The van der Waals surface area contributed by atoms with Crippen LogP contribution in [0.3, 0.4) is 0 Å². The first-order valence-electron chi connectivity index (χ1n) is 8.00. The molecule has 1 aliphatic heterocycles. The van der Waals surface area contributed by atoms with Crippen LogP contribution in [0.25, 0.3) is 0 Å². The Bertz CT molecular complexity index is 787. The number of nitrogens with two attached hydrogens (primary N) is 1. The number of carbonyl (C=O) groups excluding carboxylic acids is 2. The smallest absolute Gasteiger partial charge is 0.338 e. The van der Waals surface area contributed by atoms with Gasteiger partial charge < -0.3 is 15.4 Å². The van der Waals surface area contributed by atoms with E-state index in [4.69, 9.17) is 22.1 Å². The van der Waals surface area contributed by atoms with Crippen molar-refractivity contribution in [1.29, 1.82) is 0 Å². The summed E-state index contributed by atoms with van der Waals surface area (Å²) in [5.41, 5.74) is 6.52. The van der Waals surface area contributed by atoms with Crippen LogP contribution in [0.1, 0.15) is 40.1 Å². The van der Waals surface area contributed by atoms with E-state index in [-0.39, 0.29) is 23.6 Å². The predicted octanol–water partition coefficient (Wildman–Crippen LogP) is 3.41. The van der Waals surface area contributed by atoms with E-state index in [1.165, 1.54) is 36.0 Å². The molecule has 0 saturated carbocycles. The lowest BCUT2D eigenvalue weighted by molar-refractivity contribution is 0.0474. The Kier molecular flexibility index (Phi) is 5.55. The summed E-state index contributed by atoms with van der Waals surface area (Å²) in [6, 6.07) is 4.44. The molecule has 1 aromatic carbocycles. The van der Waals surface area contributed by atoms with Gasteiger partial charge in [0, 0.05) is 18.5 Å². The Hall–Kier alpha value is -2.12. The van der Waals surface area contributed by atoms with Crippen molar-refractivity contribution in [3.63, 3.8) is 0 Å². The number of anilines is 2. The lowest BCUT2D eigenvalue weighted by Gasteiger charge is -2.25. The third-order valence-electron chi connectivity index (χ3n) is 3.97. The molecule has 25 heavy (non-hydrogen) atoms. The number of rotatable bonds is 5. The van der Waals surface area contributed by atoms with Gasteiger partial charge in [-0.15, -0.1) is 11.3 Å². The zero-order valence-electron chi connectivity index (χ0n) is 13.5. The minimum absolute atomic E-state index is 0.252. The number of nitrogen functional groups attached to an aromatic ring is 1. The van der Waals surface area contributed by atoms with E-state index >= 15 is 0 Å². The van der Waals surface area contributed by atoms with Gasteiger partial charge in [0.05, 0.1) is 16.3 Å². The summed E-state index contributed by atoms with van der Waals surface area (Å²) in [4.78, 5) is 30.8. The molecule has 1 fully saturated rings.